The maximum absolute atomic E-state index is 11.5. The van der Waals surface area contributed by atoms with Crippen molar-refractivity contribution in [3.05, 3.63) is 11.6 Å². The number of aliphatic imine (C=N–C) groups is 1. The topological polar surface area (TPSA) is 87.4 Å². The summed E-state index contributed by atoms with van der Waals surface area (Å²) in [6.07, 6.45) is 8.20. The largest absolute Gasteiger partial charge is 0.354 e. The van der Waals surface area contributed by atoms with Gasteiger partial charge in [0.25, 0.3) is 0 Å². The van der Waals surface area contributed by atoms with Crippen molar-refractivity contribution in [2.24, 2.45) is 12.0 Å². The molecule has 2 N–H and O–H groups in total. The number of carbonyl (C=O) groups excluding carboxylic acids is 1. The predicted octanol–water partition coefficient (Wildman–Crippen LogP) is 2.12. The second kappa shape index (κ2) is 11.0. The smallest absolute Gasteiger partial charge is 0.219 e. The number of hydrogen-bond donors (Lipinski definition) is 2. The van der Waals surface area contributed by atoms with Crippen LogP contribution in [0.3, 0.4) is 0 Å². The molecule has 1 aliphatic carbocycles. The number of hydrogen-bond acceptors (Lipinski definition) is 4. The molecule has 1 amide bonds. The second-order valence-corrected chi connectivity index (χ2v) is 7.79. The van der Waals surface area contributed by atoms with E-state index in [4.69, 9.17) is 4.99 Å². The van der Waals surface area contributed by atoms with Crippen LogP contribution in [0, 0.1) is 6.92 Å². The molecule has 1 aromatic rings. The van der Waals surface area contributed by atoms with Gasteiger partial charge < -0.3 is 20.1 Å². The molecule has 8 nitrogen and oxygen atoms in total. The number of halogens is 1. The van der Waals surface area contributed by atoms with Gasteiger partial charge in [0.05, 0.1) is 0 Å². The third kappa shape index (κ3) is 6.31. The number of carbonyl (C=O) groups is 1. The summed E-state index contributed by atoms with van der Waals surface area (Å²) in [6, 6.07) is 0.834. The molecule has 2 fully saturated rings. The molecule has 9 heteroatoms. The van der Waals surface area contributed by atoms with Crippen molar-refractivity contribution in [1.82, 2.24) is 30.3 Å². The quantitative estimate of drug-likeness (QED) is 0.374. The number of piperidine rings is 1. The van der Waals surface area contributed by atoms with Crippen LogP contribution in [0.15, 0.2) is 4.99 Å². The van der Waals surface area contributed by atoms with Gasteiger partial charge in [-0.2, -0.15) is 0 Å². The zero-order chi connectivity index (χ0) is 19.2. The average molecular weight is 503 g/mol. The Morgan fingerprint density at radius 1 is 1.07 bits per heavy atom. The Bertz CT molecular complexity index is 661. The van der Waals surface area contributed by atoms with Gasteiger partial charge in [-0.1, -0.05) is 19.3 Å². The first-order chi connectivity index (χ1) is 13.0. The molecule has 0 radical (unpaired) electrons. The van der Waals surface area contributed by atoms with Crippen molar-refractivity contribution < 1.29 is 4.79 Å². The van der Waals surface area contributed by atoms with E-state index in [1.807, 2.05) is 23.4 Å². The maximum Gasteiger partial charge on any atom is 0.219 e. The lowest BCUT2D eigenvalue weighted by Crippen LogP contribution is -2.51. The highest BCUT2D eigenvalue weighted by Crippen LogP contribution is 2.17. The Morgan fingerprint density at radius 2 is 1.68 bits per heavy atom. The maximum atomic E-state index is 11.5. The van der Waals surface area contributed by atoms with Crippen LogP contribution in [-0.2, 0) is 18.4 Å². The molecule has 28 heavy (non-hydrogen) atoms. The molecule has 2 aliphatic rings. The van der Waals surface area contributed by atoms with Crippen molar-refractivity contribution in [1.29, 1.82) is 0 Å². The van der Waals surface area contributed by atoms with Crippen LogP contribution in [0.1, 0.15) is 63.5 Å². The lowest BCUT2D eigenvalue weighted by atomic mass is 9.95. The molecular weight excluding hydrogens is 469 g/mol. The molecule has 0 aromatic carbocycles. The van der Waals surface area contributed by atoms with Crippen LogP contribution in [0.2, 0.25) is 0 Å². The van der Waals surface area contributed by atoms with Crippen LogP contribution in [0.25, 0.3) is 0 Å². The minimum atomic E-state index is 0. The van der Waals surface area contributed by atoms with E-state index in [0.29, 0.717) is 18.6 Å². The molecule has 0 unspecified atom stereocenters. The minimum Gasteiger partial charge on any atom is -0.354 e. The van der Waals surface area contributed by atoms with E-state index in [9.17, 15) is 4.79 Å². The standard InChI is InChI=1S/C19H33N7O.HI/c1-14-23-24-18(25(14)3)13-20-19(21-16-7-5-4-6-8-16)22-17-9-11-26(12-10-17)15(2)27;/h16-17H,4-13H2,1-3H3,(H2,20,21,22);1H. The lowest BCUT2D eigenvalue weighted by Gasteiger charge is -2.33. The van der Waals surface area contributed by atoms with Crippen LogP contribution in [0.5, 0.6) is 0 Å². The Hall–Kier alpha value is -1.39. The molecule has 1 aromatic heterocycles. The molecule has 0 atom stereocenters. The highest BCUT2D eigenvalue weighted by Gasteiger charge is 2.23. The van der Waals surface area contributed by atoms with Gasteiger partial charge in [-0.25, -0.2) is 4.99 Å². The Morgan fingerprint density at radius 3 is 2.21 bits per heavy atom. The number of likely N-dealkylation sites (tertiary alicyclic amines) is 1. The summed E-state index contributed by atoms with van der Waals surface area (Å²) in [6.45, 7) is 5.72. The minimum absolute atomic E-state index is 0. The van der Waals surface area contributed by atoms with Crippen molar-refractivity contribution in [2.45, 2.75) is 77.4 Å². The Kier molecular flexibility index (Phi) is 8.97. The molecule has 2 heterocycles. The van der Waals surface area contributed by atoms with Gasteiger partial charge in [-0.3, -0.25) is 4.79 Å². The first-order valence-electron chi connectivity index (χ1n) is 10.2. The molecule has 1 saturated heterocycles. The summed E-state index contributed by atoms with van der Waals surface area (Å²) in [5.74, 6) is 2.79. The van der Waals surface area contributed by atoms with Gasteiger partial charge in [-0.05, 0) is 32.6 Å². The van der Waals surface area contributed by atoms with E-state index >= 15 is 0 Å². The average Bonchev–Trinajstić information content (AvgIpc) is 2.99. The number of amides is 1. The summed E-state index contributed by atoms with van der Waals surface area (Å²) >= 11 is 0. The Balaban J connectivity index is 0.00000280. The van der Waals surface area contributed by atoms with Crippen LogP contribution < -0.4 is 10.6 Å². The van der Waals surface area contributed by atoms with E-state index in [2.05, 4.69) is 20.8 Å². The fraction of sp³-hybridized carbons (Fsp3) is 0.789. The number of rotatable bonds is 4. The fourth-order valence-electron chi connectivity index (χ4n) is 3.84. The predicted molar refractivity (Wildman–Crippen MR) is 121 cm³/mol. The molecule has 1 saturated carbocycles. The van der Waals surface area contributed by atoms with Gasteiger partial charge in [0.2, 0.25) is 5.91 Å². The summed E-state index contributed by atoms with van der Waals surface area (Å²) in [5.41, 5.74) is 0. The number of nitrogens with zero attached hydrogens (tertiary/aromatic N) is 5. The van der Waals surface area contributed by atoms with Crippen molar-refractivity contribution in [3.63, 3.8) is 0 Å². The second-order valence-electron chi connectivity index (χ2n) is 7.79. The zero-order valence-corrected chi connectivity index (χ0v) is 19.6. The number of guanidine groups is 1. The number of aromatic nitrogens is 3. The normalized spacial score (nSPS) is 19.2. The highest BCUT2D eigenvalue weighted by molar-refractivity contribution is 14.0. The van der Waals surface area contributed by atoms with Crippen molar-refractivity contribution >= 4 is 35.8 Å². The Labute approximate surface area is 185 Å². The highest BCUT2D eigenvalue weighted by atomic mass is 127. The molecule has 0 spiro atoms. The molecule has 0 bridgehead atoms. The third-order valence-corrected chi connectivity index (χ3v) is 5.79. The van der Waals surface area contributed by atoms with E-state index < -0.39 is 0 Å². The van der Waals surface area contributed by atoms with Crippen LogP contribution in [-0.4, -0.2) is 56.7 Å². The van der Waals surface area contributed by atoms with Gasteiger partial charge in [0.15, 0.2) is 11.8 Å². The third-order valence-electron chi connectivity index (χ3n) is 5.79. The molecule has 158 valence electrons. The van der Waals surface area contributed by atoms with Gasteiger partial charge >= 0.3 is 0 Å². The van der Waals surface area contributed by atoms with Gasteiger partial charge in [0, 0.05) is 39.1 Å². The van der Waals surface area contributed by atoms with E-state index in [0.717, 1.165) is 43.5 Å². The first kappa shape index (κ1) is 22.9. The van der Waals surface area contributed by atoms with E-state index in [-0.39, 0.29) is 29.9 Å². The van der Waals surface area contributed by atoms with Gasteiger partial charge in [-0.15, -0.1) is 34.2 Å². The summed E-state index contributed by atoms with van der Waals surface area (Å²) < 4.78 is 1.98. The number of nitrogens with one attached hydrogen (secondary N) is 2. The van der Waals surface area contributed by atoms with Crippen LogP contribution >= 0.6 is 24.0 Å². The summed E-state index contributed by atoms with van der Waals surface area (Å²) in [5, 5.41) is 15.6. The fourth-order valence-corrected chi connectivity index (χ4v) is 3.84. The van der Waals surface area contributed by atoms with E-state index in [1.165, 1.54) is 32.1 Å². The molecular formula is C19H34IN7O. The zero-order valence-electron chi connectivity index (χ0n) is 17.3. The van der Waals surface area contributed by atoms with Crippen molar-refractivity contribution in [2.75, 3.05) is 13.1 Å². The molecule has 3 rings (SSSR count). The van der Waals surface area contributed by atoms with Crippen molar-refractivity contribution in [3.8, 4) is 0 Å². The summed E-state index contributed by atoms with van der Waals surface area (Å²) in [4.78, 5) is 18.3. The van der Waals surface area contributed by atoms with Crippen LogP contribution in [0.4, 0.5) is 0 Å². The SMILES string of the molecule is CC(=O)N1CCC(NC(=NCc2nnc(C)n2C)NC2CCCCC2)CC1.I. The first-order valence-corrected chi connectivity index (χ1v) is 10.2. The number of aryl methyl sites for hydroxylation is 1. The monoisotopic (exact) mass is 503 g/mol. The lowest BCUT2D eigenvalue weighted by molar-refractivity contribution is -0.129. The van der Waals surface area contributed by atoms with Gasteiger partial charge in [0.1, 0.15) is 12.4 Å². The molecule has 1 aliphatic heterocycles. The summed E-state index contributed by atoms with van der Waals surface area (Å²) in [7, 11) is 1.97. The van der Waals surface area contributed by atoms with E-state index in [1.54, 1.807) is 6.92 Å².